The van der Waals surface area contributed by atoms with E-state index in [1.54, 1.807) is 12.1 Å². The van der Waals surface area contributed by atoms with Gasteiger partial charge in [-0.25, -0.2) is 0 Å². The van der Waals surface area contributed by atoms with Crippen molar-refractivity contribution >= 4 is 39.9 Å². The largest absolute Gasteiger partial charge is 0.508 e. The maximum Gasteiger partial charge on any atom is 0.259 e. The number of benzene rings is 2. The highest BCUT2D eigenvalue weighted by atomic mass is 127. The van der Waals surface area contributed by atoms with Crippen LogP contribution < -0.4 is 11.1 Å². The number of rotatable bonds is 2. The first-order valence-electron chi connectivity index (χ1n) is 5.36. The third-order valence-corrected chi connectivity index (χ3v) is 3.16. The average Bonchev–Trinajstić information content (AvgIpc) is 2.35. The Morgan fingerprint density at radius 3 is 2.58 bits per heavy atom. The van der Waals surface area contributed by atoms with Crippen LogP contribution in [0.3, 0.4) is 0 Å². The van der Waals surface area contributed by atoms with Crippen LogP contribution in [0.5, 0.6) is 11.5 Å². The number of carbonyl (C=O) groups excluding carboxylic acids is 1. The van der Waals surface area contributed by atoms with E-state index in [-0.39, 0.29) is 22.7 Å². The lowest BCUT2D eigenvalue weighted by Gasteiger charge is -2.09. The smallest absolute Gasteiger partial charge is 0.259 e. The van der Waals surface area contributed by atoms with Gasteiger partial charge in [-0.15, -0.1) is 0 Å². The second kappa shape index (κ2) is 5.35. The fourth-order valence-corrected chi connectivity index (χ4v) is 2.03. The van der Waals surface area contributed by atoms with E-state index in [0.29, 0.717) is 5.69 Å². The lowest BCUT2D eigenvalue weighted by Crippen LogP contribution is -2.13. The molecule has 2 aromatic carbocycles. The van der Waals surface area contributed by atoms with Gasteiger partial charge in [-0.2, -0.15) is 0 Å². The molecule has 5 nitrogen and oxygen atoms in total. The van der Waals surface area contributed by atoms with Gasteiger partial charge < -0.3 is 21.3 Å². The molecule has 0 aliphatic heterocycles. The number of phenols is 2. The monoisotopic (exact) mass is 370 g/mol. The highest BCUT2D eigenvalue weighted by Crippen LogP contribution is 2.25. The van der Waals surface area contributed by atoms with Gasteiger partial charge in [0.2, 0.25) is 0 Å². The number of amides is 1. The van der Waals surface area contributed by atoms with Crippen molar-refractivity contribution in [3.8, 4) is 11.5 Å². The summed E-state index contributed by atoms with van der Waals surface area (Å²) in [6, 6.07) is 8.97. The number of nitrogens with two attached hydrogens (primary N) is 1. The number of aromatic hydroxyl groups is 2. The van der Waals surface area contributed by atoms with Crippen LogP contribution in [0.1, 0.15) is 10.4 Å². The Morgan fingerprint density at radius 1 is 1.16 bits per heavy atom. The first-order valence-corrected chi connectivity index (χ1v) is 6.43. The lowest BCUT2D eigenvalue weighted by atomic mass is 10.1. The molecule has 0 atom stereocenters. The molecule has 0 heterocycles. The lowest BCUT2D eigenvalue weighted by molar-refractivity contribution is 0.102. The molecular formula is C13H11IN2O3. The van der Waals surface area contributed by atoms with Gasteiger partial charge in [0.05, 0.1) is 16.9 Å². The molecule has 6 heteroatoms. The second-order valence-corrected chi connectivity index (χ2v) is 5.13. The van der Waals surface area contributed by atoms with Gasteiger partial charge in [0.25, 0.3) is 5.91 Å². The maximum atomic E-state index is 12.0. The first-order chi connectivity index (χ1) is 8.97. The fraction of sp³-hybridized carbons (Fsp3) is 0. The minimum Gasteiger partial charge on any atom is -0.508 e. The number of phenolic OH excluding ortho intramolecular Hbond substituents is 2. The fourth-order valence-electron chi connectivity index (χ4n) is 1.54. The highest BCUT2D eigenvalue weighted by molar-refractivity contribution is 14.1. The summed E-state index contributed by atoms with van der Waals surface area (Å²) in [5, 5.41) is 21.5. The molecule has 0 saturated heterocycles. The number of hydrogen-bond acceptors (Lipinski definition) is 4. The van der Waals surface area contributed by atoms with Crippen LogP contribution in [0, 0.1) is 3.57 Å². The van der Waals surface area contributed by atoms with Crippen LogP contribution in [-0.2, 0) is 0 Å². The molecule has 0 unspecified atom stereocenters. The molecule has 0 fully saturated rings. The van der Waals surface area contributed by atoms with E-state index in [9.17, 15) is 15.0 Å². The third-order valence-electron chi connectivity index (χ3n) is 2.49. The molecule has 5 N–H and O–H groups in total. The molecule has 0 aliphatic rings. The Labute approximate surface area is 123 Å². The van der Waals surface area contributed by atoms with Crippen LogP contribution >= 0.6 is 22.6 Å². The van der Waals surface area contributed by atoms with E-state index in [2.05, 4.69) is 5.32 Å². The van der Waals surface area contributed by atoms with Gasteiger partial charge >= 0.3 is 0 Å². The zero-order chi connectivity index (χ0) is 14.0. The zero-order valence-electron chi connectivity index (χ0n) is 9.72. The van der Waals surface area contributed by atoms with Crippen molar-refractivity contribution in [2.45, 2.75) is 0 Å². The number of halogens is 1. The number of hydrogen-bond donors (Lipinski definition) is 4. The summed E-state index contributed by atoms with van der Waals surface area (Å²) < 4.78 is 0.833. The van der Waals surface area contributed by atoms with Gasteiger partial charge in [0.1, 0.15) is 11.5 Å². The predicted molar refractivity (Wildman–Crippen MR) is 81.3 cm³/mol. The van der Waals surface area contributed by atoms with Crippen molar-refractivity contribution in [1.82, 2.24) is 0 Å². The number of carbonyl (C=O) groups is 1. The normalized spacial score (nSPS) is 10.2. The molecule has 98 valence electrons. The van der Waals surface area contributed by atoms with Crippen LogP contribution in [0.2, 0.25) is 0 Å². The molecule has 0 aliphatic carbocycles. The van der Waals surface area contributed by atoms with Crippen molar-refractivity contribution in [3.05, 3.63) is 45.5 Å². The van der Waals surface area contributed by atoms with Crippen LogP contribution in [0.15, 0.2) is 36.4 Å². The summed E-state index contributed by atoms with van der Waals surface area (Å²) in [7, 11) is 0. The van der Waals surface area contributed by atoms with Gasteiger partial charge in [-0.1, -0.05) is 0 Å². The molecule has 0 spiro atoms. The van der Waals surface area contributed by atoms with Crippen LogP contribution in [-0.4, -0.2) is 16.1 Å². The Kier molecular flexibility index (Phi) is 3.79. The summed E-state index contributed by atoms with van der Waals surface area (Å²) in [5.41, 5.74) is 6.47. The molecule has 1 amide bonds. The molecule has 0 bridgehead atoms. The Morgan fingerprint density at radius 2 is 1.89 bits per heavy atom. The van der Waals surface area contributed by atoms with Crippen molar-refractivity contribution < 1.29 is 15.0 Å². The minimum absolute atomic E-state index is 0.0209. The molecule has 0 saturated carbocycles. The molecule has 2 aromatic rings. The minimum atomic E-state index is -0.464. The Balaban J connectivity index is 2.28. The average molecular weight is 370 g/mol. The standard InChI is InChI=1S/C13H11IN2O3/c14-7-1-4-12(18)9(5-7)13(19)16-11-3-2-8(17)6-10(11)15/h1-6,17-18H,15H2,(H,16,19). The number of nitrogen functional groups attached to an aromatic ring is 1. The van der Waals surface area contributed by atoms with Crippen LogP contribution in [0.4, 0.5) is 11.4 Å². The van der Waals surface area contributed by atoms with Gasteiger partial charge in [-0.3, -0.25) is 4.79 Å². The summed E-state index contributed by atoms with van der Waals surface area (Å²) in [4.78, 5) is 12.0. The molecule has 0 radical (unpaired) electrons. The second-order valence-electron chi connectivity index (χ2n) is 3.89. The van der Waals surface area contributed by atoms with Gasteiger partial charge in [-0.05, 0) is 52.9 Å². The third kappa shape index (κ3) is 3.08. The number of nitrogens with one attached hydrogen (secondary N) is 1. The van der Waals surface area contributed by atoms with E-state index >= 15 is 0 Å². The molecule has 2 rings (SSSR count). The maximum absolute atomic E-state index is 12.0. The molecule has 19 heavy (non-hydrogen) atoms. The van der Waals surface area contributed by atoms with E-state index in [1.165, 1.54) is 24.3 Å². The summed E-state index contributed by atoms with van der Waals surface area (Å²) in [6.45, 7) is 0. The number of anilines is 2. The van der Waals surface area contributed by atoms with Crippen molar-refractivity contribution in [1.29, 1.82) is 0 Å². The summed E-state index contributed by atoms with van der Waals surface area (Å²) in [6.07, 6.45) is 0. The van der Waals surface area contributed by atoms with Gasteiger partial charge in [0.15, 0.2) is 0 Å². The summed E-state index contributed by atoms with van der Waals surface area (Å²) >= 11 is 2.05. The molecular weight excluding hydrogens is 359 g/mol. The Bertz CT molecular complexity index is 644. The van der Waals surface area contributed by atoms with E-state index in [1.807, 2.05) is 22.6 Å². The SMILES string of the molecule is Nc1cc(O)ccc1NC(=O)c1cc(I)ccc1O. The van der Waals surface area contributed by atoms with E-state index in [0.717, 1.165) is 3.57 Å². The zero-order valence-corrected chi connectivity index (χ0v) is 11.9. The molecule has 0 aromatic heterocycles. The van der Waals surface area contributed by atoms with E-state index in [4.69, 9.17) is 5.73 Å². The van der Waals surface area contributed by atoms with Crippen LogP contribution in [0.25, 0.3) is 0 Å². The van der Waals surface area contributed by atoms with Crippen molar-refractivity contribution in [3.63, 3.8) is 0 Å². The van der Waals surface area contributed by atoms with E-state index < -0.39 is 5.91 Å². The van der Waals surface area contributed by atoms with Crippen molar-refractivity contribution in [2.75, 3.05) is 11.1 Å². The predicted octanol–water partition coefficient (Wildman–Crippen LogP) is 2.54. The topological polar surface area (TPSA) is 95.6 Å². The highest BCUT2D eigenvalue weighted by Gasteiger charge is 2.13. The Hall–Kier alpha value is -1.96. The first kappa shape index (κ1) is 13.5. The van der Waals surface area contributed by atoms with Crippen molar-refractivity contribution in [2.24, 2.45) is 0 Å². The quantitative estimate of drug-likeness (QED) is 0.371. The van der Waals surface area contributed by atoms with Gasteiger partial charge in [0, 0.05) is 9.64 Å². The summed E-state index contributed by atoms with van der Waals surface area (Å²) in [5.74, 6) is -0.545.